The highest BCUT2D eigenvalue weighted by atomic mass is 16.5. The van der Waals surface area contributed by atoms with Gasteiger partial charge in [0, 0.05) is 44.9 Å². The van der Waals surface area contributed by atoms with Crippen LogP contribution in [0.2, 0.25) is 0 Å². The summed E-state index contributed by atoms with van der Waals surface area (Å²) >= 11 is 0. The number of hydrogen-bond donors (Lipinski definition) is 1. The fourth-order valence-electron chi connectivity index (χ4n) is 3.42. The van der Waals surface area contributed by atoms with E-state index in [1.165, 1.54) is 0 Å². The topological polar surface area (TPSA) is 51.0 Å². The molecule has 0 amide bonds. The third-order valence-corrected chi connectivity index (χ3v) is 4.82. The van der Waals surface area contributed by atoms with Crippen LogP contribution in [-0.4, -0.2) is 81.5 Å². The van der Waals surface area contributed by atoms with Crippen molar-refractivity contribution < 1.29 is 9.47 Å². The molecule has 5 nitrogen and oxygen atoms in total. The predicted octanol–water partition coefficient (Wildman–Crippen LogP) is 0.781. The molecule has 0 aromatic rings. The highest BCUT2D eigenvalue weighted by Gasteiger charge is 2.42. The van der Waals surface area contributed by atoms with E-state index >= 15 is 0 Å². The maximum Gasteiger partial charge on any atom is 0.0615 e. The van der Waals surface area contributed by atoms with E-state index in [1.54, 1.807) is 14.2 Å². The summed E-state index contributed by atoms with van der Waals surface area (Å²) in [5.41, 5.74) is 6.28. The van der Waals surface area contributed by atoms with E-state index in [9.17, 15) is 0 Å². The van der Waals surface area contributed by atoms with Crippen molar-refractivity contribution in [1.82, 2.24) is 9.80 Å². The van der Waals surface area contributed by atoms with Crippen LogP contribution in [0.15, 0.2) is 0 Å². The standard InChI is InChI=1S/C15H33N3O2/c1-13-10-15(12-16,6-7-17(13)3)18(8-9-19-4)14(2)11-20-5/h13-14H,6-12,16H2,1-5H3. The number of piperidine rings is 1. The van der Waals surface area contributed by atoms with Crippen LogP contribution >= 0.6 is 0 Å². The van der Waals surface area contributed by atoms with Gasteiger partial charge < -0.3 is 20.1 Å². The van der Waals surface area contributed by atoms with Crippen molar-refractivity contribution in [2.45, 2.75) is 44.3 Å². The first-order valence-electron chi connectivity index (χ1n) is 7.65. The zero-order valence-corrected chi connectivity index (χ0v) is 13.9. The Balaban J connectivity index is 2.88. The molecule has 5 heteroatoms. The molecular weight excluding hydrogens is 254 g/mol. The number of nitrogens with two attached hydrogens (primary N) is 1. The molecule has 0 radical (unpaired) electrons. The Morgan fingerprint density at radius 2 is 2.10 bits per heavy atom. The molecule has 0 bridgehead atoms. The Hall–Kier alpha value is -0.200. The summed E-state index contributed by atoms with van der Waals surface area (Å²) in [6, 6.07) is 0.918. The molecule has 0 saturated carbocycles. The van der Waals surface area contributed by atoms with E-state index in [0.29, 0.717) is 18.6 Å². The summed E-state index contributed by atoms with van der Waals surface area (Å²) in [5, 5.41) is 0. The van der Waals surface area contributed by atoms with Gasteiger partial charge in [-0.15, -0.1) is 0 Å². The van der Waals surface area contributed by atoms with Gasteiger partial charge in [-0.25, -0.2) is 0 Å². The fourth-order valence-corrected chi connectivity index (χ4v) is 3.42. The first kappa shape index (κ1) is 17.9. The molecule has 3 unspecified atom stereocenters. The van der Waals surface area contributed by atoms with Crippen molar-refractivity contribution >= 4 is 0 Å². The number of ether oxygens (including phenoxy) is 2. The van der Waals surface area contributed by atoms with Crippen LogP contribution in [0.25, 0.3) is 0 Å². The second-order valence-electron chi connectivity index (χ2n) is 6.20. The van der Waals surface area contributed by atoms with Crippen LogP contribution in [0.5, 0.6) is 0 Å². The largest absolute Gasteiger partial charge is 0.383 e. The molecular formula is C15H33N3O2. The Bertz CT molecular complexity index is 278. The maximum atomic E-state index is 6.21. The average molecular weight is 287 g/mol. The van der Waals surface area contributed by atoms with Crippen molar-refractivity contribution in [3.63, 3.8) is 0 Å². The maximum absolute atomic E-state index is 6.21. The number of rotatable bonds is 8. The average Bonchev–Trinajstić information content (AvgIpc) is 2.43. The number of likely N-dealkylation sites (tertiary alicyclic amines) is 1. The van der Waals surface area contributed by atoms with Crippen LogP contribution in [0.1, 0.15) is 26.7 Å². The summed E-state index contributed by atoms with van der Waals surface area (Å²) in [6.07, 6.45) is 2.22. The Labute approximate surface area is 124 Å². The van der Waals surface area contributed by atoms with Gasteiger partial charge in [0.1, 0.15) is 0 Å². The van der Waals surface area contributed by atoms with E-state index in [-0.39, 0.29) is 5.54 Å². The van der Waals surface area contributed by atoms with Crippen LogP contribution in [-0.2, 0) is 9.47 Å². The fraction of sp³-hybridized carbons (Fsp3) is 1.00. The zero-order valence-electron chi connectivity index (χ0n) is 13.9. The molecule has 1 rings (SSSR count). The molecule has 0 aliphatic carbocycles. The molecule has 0 spiro atoms. The minimum Gasteiger partial charge on any atom is -0.383 e. The third-order valence-electron chi connectivity index (χ3n) is 4.82. The first-order valence-corrected chi connectivity index (χ1v) is 7.65. The highest BCUT2D eigenvalue weighted by molar-refractivity contribution is 5.00. The van der Waals surface area contributed by atoms with Gasteiger partial charge >= 0.3 is 0 Å². The van der Waals surface area contributed by atoms with Gasteiger partial charge in [-0.3, -0.25) is 4.90 Å². The zero-order chi connectivity index (χ0) is 15.2. The van der Waals surface area contributed by atoms with Crippen molar-refractivity contribution in [2.75, 3.05) is 54.1 Å². The summed E-state index contributed by atoms with van der Waals surface area (Å²) < 4.78 is 10.7. The minimum atomic E-state index is 0.0718. The lowest BCUT2D eigenvalue weighted by atomic mass is 9.81. The van der Waals surface area contributed by atoms with Crippen molar-refractivity contribution in [3.8, 4) is 0 Å². The Morgan fingerprint density at radius 1 is 1.40 bits per heavy atom. The van der Waals surface area contributed by atoms with Crippen molar-refractivity contribution in [1.29, 1.82) is 0 Å². The van der Waals surface area contributed by atoms with E-state index in [4.69, 9.17) is 15.2 Å². The Morgan fingerprint density at radius 3 is 2.60 bits per heavy atom. The molecule has 1 heterocycles. The number of hydrogen-bond acceptors (Lipinski definition) is 5. The smallest absolute Gasteiger partial charge is 0.0615 e. The second kappa shape index (κ2) is 8.29. The summed E-state index contributed by atoms with van der Waals surface area (Å²) in [4.78, 5) is 4.94. The molecule has 2 N–H and O–H groups in total. The quantitative estimate of drug-likeness (QED) is 0.715. The SMILES string of the molecule is COCCN(C(C)COC)C1(CN)CCN(C)C(C)C1. The monoisotopic (exact) mass is 287 g/mol. The molecule has 1 saturated heterocycles. The van der Waals surface area contributed by atoms with E-state index in [1.807, 2.05) is 0 Å². The summed E-state index contributed by atoms with van der Waals surface area (Å²) in [7, 11) is 5.71. The van der Waals surface area contributed by atoms with E-state index in [2.05, 4.69) is 30.7 Å². The van der Waals surface area contributed by atoms with Crippen LogP contribution < -0.4 is 5.73 Å². The molecule has 1 aliphatic rings. The van der Waals surface area contributed by atoms with E-state index in [0.717, 1.165) is 39.1 Å². The van der Waals surface area contributed by atoms with E-state index < -0.39 is 0 Å². The van der Waals surface area contributed by atoms with Crippen molar-refractivity contribution in [3.05, 3.63) is 0 Å². The molecule has 20 heavy (non-hydrogen) atoms. The predicted molar refractivity (Wildman–Crippen MR) is 83.0 cm³/mol. The van der Waals surface area contributed by atoms with Gasteiger partial charge in [-0.2, -0.15) is 0 Å². The van der Waals surface area contributed by atoms with Gasteiger partial charge in [-0.05, 0) is 40.3 Å². The molecule has 1 fully saturated rings. The van der Waals surface area contributed by atoms with Gasteiger partial charge in [-0.1, -0.05) is 0 Å². The lowest BCUT2D eigenvalue weighted by molar-refractivity contribution is -0.0415. The summed E-state index contributed by atoms with van der Waals surface area (Å²) in [5.74, 6) is 0. The van der Waals surface area contributed by atoms with Crippen molar-refractivity contribution in [2.24, 2.45) is 5.73 Å². The molecule has 1 aliphatic heterocycles. The van der Waals surface area contributed by atoms with Crippen LogP contribution in [0.3, 0.4) is 0 Å². The number of nitrogens with zero attached hydrogens (tertiary/aromatic N) is 2. The number of methoxy groups -OCH3 is 2. The van der Waals surface area contributed by atoms with Crippen LogP contribution in [0, 0.1) is 0 Å². The van der Waals surface area contributed by atoms with Gasteiger partial charge in [0.2, 0.25) is 0 Å². The second-order valence-corrected chi connectivity index (χ2v) is 6.20. The molecule has 0 aromatic carbocycles. The van der Waals surface area contributed by atoms with Gasteiger partial charge in [0.05, 0.1) is 13.2 Å². The van der Waals surface area contributed by atoms with Gasteiger partial charge in [0.15, 0.2) is 0 Å². The molecule has 120 valence electrons. The normalized spacial score (nSPS) is 29.9. The van der Waals surface area contributed by atoms with Crippen LogP contribution in [0.4, 0.5) is 0 Å². The lowest BCUT2D eigenvalue weighted by Gasteiger charge is -2.52. The van der Waals surface area contributed by atoms with Gasteiger partial charge in [0.25, 0.3) is 0 Å². The summed E-state index contributed by atoms with van der Waals surface area (Å²) in [6.45, 7) is 8.69. The minimum absolute atomic E-state index is 0.0718. The first-order chi connectivity index (χ1) is 9.50. The Kier molecular flexibility index (Phi) is 7.40. The molecule has 3 atom stereocenters. The lowest BCUT2D eigenvalue weighted by Crippen LogP contribution is -2.64. The third kappa shape index (κ3) is 4.15. The highest BCUT2D eigenvalue weighted by Crippen LogP contribution is 2.32. The molecule has 0 aromatic heterocycles.